The van der Waals surface area contributed by atoms with Gasteiger partial charge in [-0.15, -0.1) is 10.2 Å². The monoisotopic (exact) mass is 215 g/mol. The molecule has 0 aliphatic rings. The predicted octanol–water partition coefficient (Wildman–Crippen LogP) is 0.419. The van der Waals surface area contributed by atoms with Crippen LogP contribution in [-0.4, -0.2) is 34.8 Å². The standard InChI is InChI=1S/C7H13N5OS/c1-5-9-10-7(14-5)12(2)4-3-6(8)11-13/h13H,3-4H2,1-2H3,(H2,8,11). The molecular weight excluding hydrogens is 202 g/mol. The molecule has 0 bridgehead atoms. The van der Waals surface area contributed by atoms with Crippen molar-refractivity contribution in [2.75, 3.05) is 18.5 Å². The molecule has 0 amide bonds. The number of aromatic nitrogens is 2. The zero-order chi connectivity index (χ0) is 10.6. The maximum Gasteiger partial charge on any atom is 0.208 e. The molecule has 1 aromatic heterocycles. The normalized spacial score (nSPS) is 11.7. The van der Waals surface area contributed by atoms with Crippen LogP contribution in [-0.2, 0) is 0 Å². The fourth-order valence-corrected chi connectivity index (χ4v) is 1.54. The van der Waals surface area contributed by atoms with Crippen molar-refractivity contribution in [1.82, 2.24) is 10.2 Å². The van der Waals surface area contributed by atoms with Crippen molar-refractivity contribution in [2.45, 2.75) is 13.3 Å². The first-order valence-corrected chi connectivity index (χ1v) is 4.92. The Morgan fingerprint density at radius 1 is 1.64 bits per heavy atom. The number of oxime groups is 1. The molecule has 0 aliphatic heterocycles. The summed E-state index contributed by atoms with van der Waals surface area (Å²) in [6.45, 7) is 2.56. The van der Waals surface area contributed by atoms with E-state index >= 15 is 0 Å². The van der Waals surface area contributed by atoms with Crippen LogP contribution in [0.1, 0.15) is 11.4 Å². The first-order valence-electron chi connectivity index (χ1n) is 4.11. The molecule has 0 unspecified atom stereocenters. The summed E-state index contributed by atoms with van der Waals surface area (Å²) in [6.07, 6.45) is 0.506. The molecule has 78 valence electrons. The SMILES string of the molecule is Cc1nnc(N(C)CCC(N)=NO)s1. The van der Waals surface area contributed by atoms with Gasteiger partial charge >= 0.3 is 0 Å². The van der Waals surface area contributed by atoms with Gasteiger partial charge < -0.3 is 15.8 Å². The van der Waals surface area contributed by atoms with E-state index in [9.17, 15) is 0 Å². The van der Waals surface area contributed by atoms with Crippen LogP contribution < -0.4 is 10.6 Å². The zero-order valence-corrected chi connectivity index (χ0v) is 8.95. The molecule has 14 heavy (non-hydrogen) atoms. The average Bonchev–Trinajstić information content (AvgIpc) is 2.60. The zero-order valence-electron chi connectivity index (χ0n) is 8.14. The highest BCUT2D eigenvalue weighted by molar-refractivity contribution is 7.15. The van der Waals surface area contributed by atoms with E-state index in [1.807, 2.05) is 18.9 Å². The molecule has 0 aliphatic carbocycles. The van der Waals surface area contributed by atoms with Crippen molar-refractivity contribution in [2.24, 2.45) is 10.9 Å². The molecule has 7 heteroatoms. The summed E-state index contributed by atoms with van der Waals surface area (Å²) in [7, 11) is 1.89. The summed E-state index contributed by atoms with van der Waals surface area (Å²) < 4.78 is 0. The lowest BCUT2D eigenvalue weighted by atomic mass is 10.4. The van der Waals surface area contributed by atoms with Gasteiger partial charge in [-0.3, -0.25) is 0 Å². The lowest BCUT2D eigenvalue weighted by Crippen LogP contribution is -2.24. The molecule has 0 atom stereocenters. The smallest absolute Gasteiger partial charge is 0.208 e. The van der Waals surface area contributed by atoms with E-state index in [2.05, 4.69) is 15.4 Å². The minimum absolute atomic E-state index is 0.220. The Hall–Kier alpha value is -1.37. The average molecular weight is 215 g/mol. The van der Waals surface area contributed by atoms with Crippen molar-refractivity contribution in [3.05, 3.63) is 5.01 Å². The summed E-state index contributed by atoms with van der Waals surface area (Å²) in [5.41, 5.74) is 5.35. The van der Waals surface area contributed by atoms with E-state index in [0.29, 0.717) is 13.0 Å². The number of anilines is 1. The number of nitrogens with zero attached hydrogens (tertiary/aromatic N) is 4. The summed E-state index contributed by atoms with van der Waals surface area (Å²) in [5, 5.41) is 20.9. The van der Waals surface area contributed by atoms with E-state index in [1.54, 1.807) is 0 Å². The summed E-state index contributed by atoms with van der Waals surface area (Å²) in [6, 6.07) is 0. The molecule has 0 saturated carbocycles. The van der Waals surface area contributed by atoms with Crippen molar-refractivity contribution >= 4 is 22.3 Å². The van der Waals surface area contributed by atoms with E-state index < -0.39 is 0 Å². The Morgan fingerprint density at radius 2 is 2.36 bits per heavy atom. The lowest BCUT2D eigenvalue weighted by Gasteiger charge is -2.13. The first kappa shape index (κ1) is 10.7. The van der Waals surface area contributed by atoms with Crippen molar-refractivity contribution in [3.8, 4) is 0 Å². The Balaban J connectivity index is 2.47. The minimum atomic E-state index is 0.220. The molecule has 0 spiro atoms. The van der Waals surface area contributed by atoms with Crippen molar-refractivity contribution in [3.63, 3.8) is 0 Å². The third kappa shape index (κ3) is 2.84. The van der Waals surface area contributed by atoms with Gasteiger partial charge in [0.1, 0.15) is 10.8 Å². The highest BCUT2D eigenvalue weighted by atomic mass is 32.1. The second-order valence-corrected chi connectivity index (χ2v) is 4.03. The third-order valence-electron chi connectivity index (χ3n) is 1.67. The van der Waals surface area contributed by atoms with Crippen LogP contribution in [0.15, 0.2) is 5.16 Å². The molecule has 0 fully saturated rings. The van der Waals surface area contributed by atoms with Crippen molar-refractivity contribution < 1.29 is 5.21 Å². The largest absolute Gasteiger partial charge is 0.409 e. The maximum atomic E-state index is 8.34. The van der Waals surface area contributed by atoms with E-state index in [0.717, 1.165) is 10.1 Å². The van der Waals surface area contributed by atoms with E-state index in [1.165, 1.54) is 11.3 Å². The number of nitrogens with two attached hydrogens (primary N) is 1. The fraction of sp³-hybridized carbons (Fsp3) is 0.571. The molecule has 6 nitrogen and oxygen atoms in total. The highest BCUT2D eigenvalue weighted by Gasteiger charge is 2.06. The van der Waals surface area contributed by atoms with Crippen LogP contribution in [0.25, 0.3) is 0 Å². The van der Waals surface area contributed by atoms with Gasteiger partial charge in [-0.2, -0.15) is 0 Å². The minimum Gasteiger partial charge on any atom is -0.409 e. The third-order valence-corrected chi connectivity index (χ3v) is 2.63. The van der Waals surface area contributed by atoms with Gasteiger partial charge in [0.05, 0.1) is 0 Å². The van der Waals surface area contributed by atoms with Crippen molar-refractivity contribution in [1.29, 1.82) is 0 Å². The van der Waals surface area contributed by atoms with Gasteiger partial charge in [-0.1, -0.05) is 16.5 Å². The molecule has 0 aromatic carbocycles. The maximum absolute atomic E-state index is 8.34. The van der Waals surface area contributed by atoms with Gasteiger partial charge in [0.25, 0.3) is 0 Å². The molecular formula is C7H13N5OS. The molecule has 0 radical (unpaired) electrons. The van der Waals surface area contributed by atoms with E-state index in [-0.39, 0.29) is 5.84 Å². The predicted molar refractivity (Wildman–Crippen MR) is 55.9 cm³/mol. The Bertz CT molecular complexity index is 324. The van der Waals surface area contributed by atoms with Crippen LogP contribution in [0.4, 0.5) is 5.13 Å². The Morgan fingerprint density at radius 3 is 2.86 bits per heavy atom. The van der Waals surface area contributed by atoms with Gasteiger partial charge in [0.2, 0.25) is 5.13 Å². The summed E-state index contributed by atoms with van der Waals surface area (Å²) >= 11 is 1.52. The number of amidine groups is 1. The van der Waals surface area contributed by atoms with Crippen LogP contribution in [0, 0.1) is 6.92 Å². The molecule has 1 aromatic rings. The topological polar surface area (TPSA) is 87.6 Å². The van der Waals surface area contributed by atoms with Crippen LogP contribution in [0.5, 0.6) is 0 Å². The van der Waals surface area contributed by atoms with Gasteiger partial charge in [-0.25, -0.2) is 0 Å². The summed E-state index contributed by atoms with van der Waals surface area (Å²) in [5.74, 6) is 0.220. The lowest BCUT2D eigenvalue weighted by molar-refractivity contribution is 0.317. The molecule has 1 rings (SSSR count). The summed E-state index contributed by atoms with van der Waals surface area (Å²) in [4.78, 5) is 1.92. The molecule has 0 saturated heterocycles. The number of rotatable bonds is 4. The number of aryl methyl sites for hydroxylation is 1. The van der Waals surface area contributed by atoms with Gasteiger partial charge in [0.15, 0.2) is 0 Å². The number of hydrogen-bond donors (Lipinski definition) is 2. The first-order chi connectivity index (χ1) is 6.63. The van der Waals surface area contributed by atoms with Crippen LogP contribution in [0.3, 0.4) is 0 Å². The Labute approximate surface area is 86.0 Å². The second-order valence-electron chi connectivity index (χ2n) is 2.87. The van der Waals surface area contributed by atoms with Crippen LogP contribution >= 0.6 is 11.3 Å². The van der Waals surface area contributed by atoms with Crippen LogP contribution in [0.2, 0.25) is 0 Å². The van der Waals surface area contributed by atoms with Gasteiger partial charge in [-0.05, 0) is 6.92 Å². The van der Waals surface area contributed by atoms with E-state index in [4.69, 9.17) is 10.9 Å². The number of hydrogen-bond acceptors (Lipinski definition) is 6. The quantitative estimate of drug-likeness (QED) is 0.329. The highest BCUT2D eigenvalue weighted by Crippen LogP contribution is 2.17. The Kier molecular flexibility index (Phi) is 3.63. The molecule has 1 heterocycles. The molecule has 3 N–H and O–H groups in total. The fourth-order valence-electron chi connectivity index (χ4n) is 0.868. The second kappa shape index (κ2) is 4.75. The van der Waals surface area contributed by atoms with Gasteiger partial charge in [0, 0.05) is 20.0 Å².